The summed E-state index contributed by atoms with van der Waals surface area (Å²) in [7, 11) is 0. The number of hydrogen-bond acceptors (Lipinski definition) is 4. The summed E-state index contributed by atoms with van der Waals surface area (Å²) < 4.78 is 1.22. The SMILES string of the molecule is NC(=O)C1CCN(C(=O)CCCCc2nc3ccccc3s2)CC1. The van der Waals surface area contributed by atoms with Gasteiger partial charge in [-0.3, -0.25) is 9.59 Å². The summed E-state index contributed by atoms with van der Waals surface area (Å²) in [5, 5.41) is 1.14. The van der Waals surface area contributed by atoms with Crippen LogP contribution in [0, 0.1) is 5.92 Å². The quantitative estimate of drug-likeness (QED) is 0.818. The van der Waals surface area contributed by atoms with E-state index in [0.29, 0.717) is 32.4 Å². The molecule has 6 heteroatoms. The molecule has 5 nitrogen and oxygen atoms in total. The molecule has 0 aliphatic carbocycles. The zero-order chi connectivity index (χ0) is 16.9. The van der Waals surface area contributed by atoms with E-state index in [0.717, 1.165) is 29.8 Å². The van der Waals surface area contributed by atoms with E-state index in [1.54, 1.807) is 11.3 Å². The summed E-state index contributed by atoms with van der Waals surface area (Å²) in [5.74, 6) is -0.103. The number of aryl methyl sites for hydroxylation is 1. The first-order chi connectivity index (χ1) is 11.6. The summed E-state index contributed by atoms with van der Waals surface area (Å²) in [4.78, 5) is 29.9. The molecule has 1 aromatic heterocycles. The van der Waals surface area contributed by atoms with Crippen LogP contribution in [0.25, 0.3) is 10.2 Å². The Hall–Kier alpha value is -1.95. The minimum absolute atomic E-state index is 0.0620. The number of carbonyl (C=O) groups excluding carboxylic acids is 2. The number of para-hydroxylation sites is 1. The monoisotopic (exact) mass is 345 g/mol. The number of aromatic nitrogens is 1. The van der Waals surface area contributed by atoms with Crippen LogP contribution < -0.4 is 5.73 Å². The van der Waals surface area contributed by atoms with E-state index >= 15 is 0 Å². The predicted octanol–water partition coefficient (Wildman–Crippen LogP) is 2.73. The Morgan fingerprint density at radius 2 is 1.96 bits per heavy atom. The number of benzene rings is 1. The average Bonchev–Trinajstić information content (AvgIpc) is 3.01. The van der Waals surface area contributed by atoms with Crippen molar-refractivity contribution in [2.24, 2.45) is 11.7 Å². The standard InChI is InChI=1S/C18H23N3O2S/c19-18(23)13-9-11-21(12-10-13)17(22)8-4-3-7-16-20-14-5-1-2-6-15(14)24-16/h1-2,5-6,13H,3-4,7-12H2,(H2,19,23). The maximum Gasteiger partial charge on any atom is 0.222 e. The van der Waals surface area contributed by atoms with Gasteiger partial charge in [-0.2, -0.15) is 0 Å². The summed E-state index contributed by atoms with van der Waals surface area (Å²) in [6.07, 6.45) is 4.76. The number of carbonyl (C=O) groups is 2. The van der Waals surface area contributed by atoms with Crippen LogP contribution in [0.15, 0.2) is 24.3 Å². The van der Waals surface area contributed by atoms with Crippen LogP contribution in [0.3, 0.4) is 0 Å². The van der Waals surface area contributed by atoms with Crippen molar-refractivity contribution in [1.29, 1.82) is 0 Å². The first kappa shape index (κ1) is 16.9. The maximum atomic E-state index is 12.2. The van der Waals surface area contributed by atoms with Crippen LogP contribution in [0.5, 0.6) is 0 Å². The van der Waals surface area contributed by atoms with Gasteiger partial charge in [0.1, 0.15) is 0 Å². The zero-order valence-electron chi connectivity index (χ0n) is 13.7. The first-order valence-corrected chi connectivity index (χ1v) is 9.36. The van der Waals surface area contributed by atoms with Gasteiger partial charge in [0.2, 0.25) is 11.8 Å². The first-order valence-electron chi connectivity index (χ1n) is 8.55. The Morgan fingerprint density at radius 3 is 2.67 bits per heavy atom. The van der Waals surface area contributed by atoms with E-state index in [2.05, 4.69) is 11.1 Å². The molecule has 0 radical (unpaired) electrons. The Morgan fingerprint density at radius 1 is 1.21 bits per heavy atom. The van der Waals surface area contributed by atoms with Crippen LogP contribution >= 0.6 is 11.3 Å². The molecular weight excluding hydrogens is 322 g/mol. The number of fused-ring (bicyclic) bond motifs is 1. The van der Waals surface area contributed by atoms with Crippen LogP contribution in [0.2, 0.25) is 0 Å². The van der Waals surface area contributed by atoms with Gasteiger partial charge in [0.15, 0.2) is 0 Å². The highest BCUT2D eigenvalue weighted by Gasteiger charge is 2.25. The Balaban J connectivity index is 1.38. The molecule has 24 heavy (non-hydrogen) atoms. The molecule has 1 fully saturated rings. The molecule has 2 N–H and O–H groups in total. The fourth-order valence-corrected chi connectivity index (χ4v) is 4.16. The molecule has 0 saturated carbocycles. The van der Waals surface area contributed by atoms with Gasteiger partial charge >= 0.3 is 0 Å². The minimum Gasteiger partial charge on any atom is -0.369 e. The lowest BCUT2D eigenvalue weighted by Crippen LogP contribution is -2.41. The summed E-state index contributed by atoms with van der Waals surface area (Å²) >= 11 is 1.74. The summed E-state index contributed by atoms with van der Waals surface area (Å²) in [5.41, 5.74) is 6.38. The third-order valence-corrected chi connectivity index (χ3v) is 5.72. The molecule has 0 bridgehead atoms. The predicted molar refractivity (Wildman–Crippen MR) is 95.7 cm³/mol. The number of piperidine rings is 1. The number of nitrogens with zero attached hydrogens (tertiary/aromatic N) is 2. The van der Waals surface area contributed by atoms with Crippen molar-refractivity contribution in [3.8, 4) is 0 Å². The third kappa shape index (κ3) is 4.12. The lowest BCUT2D eigenvalue weighted by Gasteiger charge is -2.30. The van der Waals surface area contributed by atoms with Crippen molar-refractivity contribution < 1.29 is 9.59 Å². The van der Waals surface area contributed by atoms with Crippen molar-refractivity contribution in [1.82, 2.24) is 9.88 Å². The highest BCUT2D eigenvalue weighted by atomic mass is 32.1. The van der Waals surface area contributed by atoms with Crippen molar-refractivity contribution >= 4 is 33.4 Å². The molecule has 0 unspecified atom stereocenters. The number of rotatable bonds is 6. The van der Waals surface area contributed by atoms with Crippen molar-refractivity contribution in [3.05, 3.63) is 29.3 Å². The average molecular weight is 345 g/mol. The lowest BCUT2D eigenvalue weighted by atomic mass is 9.96. The minimum atomic E-state index is -0.238. The van der Waals surface area contributed by atoms with E-state index in [1.807, 2.05) is 23.1 Å². The smallest absolute Gasteiger partial charge is 0.222 e. The molecule has 2 aromatic rings. The second-order valence-corrected chi connectivity index (χ2v) is 7.46. The van der Waals surface area contributed by atoms with Crippen molar-refractivity contribution in [2.75, 3.05) is 13.1 Å². The second-order valence-electron chi connectivity index (χ2n) is 6.34. The Bertz CT molecular complexity index is 687. The van der Waals surface area contributed by atoms with E-state index in [-0.39, 0.29) is 17.7 Å². The Labute approximate surface area is 145 Å². The van der Waals surface area contributed by atoms with Crippen molar-refractivity contribution in [3.63, 3.8) is 0 Å². The fraction of sp³-hybridized carbons (Fsp3) is 0.500. The molecule has 0 spiro atoms. The van der Waals surface area contributed by atoms with Crippen LogP contribution in [-0.2, 0) is 16.0 Å². The topological polar surface area (TPSA) is 76.3 Å². The van der Waals surface area contributed by atoms with Gasteiger partial charge in [0, 0.05) is 25.4 Å². The number of unbranched alkanes of at least 4 members (excludes halogenated alkanes) is 1. The van der Waals surface area contributed by atoms with Crippen LogP contribution in [0.4, 0.5) is 0 Å². The normalized spacial score (nSPS) is 15.8. The van der Waals surface area contributed by atoms with Gasteiger partial charge < -0.3 is 10.6 Å². The van der Waals surface area contributed by atoms with Gasteiger partial charge in [0.05, 0.1) is 15.2 Å². The highest BCUT2D eigenvalue weighted by molar-refractivity contribution is 7.18. The highest BCUT2D eigenvalue weighted by Crippen LogP contribution is 2.23. The maximum absolute atomic E-state index is 12.2. The molecule has 3 rings (SSSR count). The Kier molecular flexibility index (Phi) is 5.45. The van der Waals surface area contributed by atoms with E-state index in [9.17, 15) is 9.59 Å². The molecule has 128 valence electrons. The van der Waals surface area contributed by atoms with Crippen LogP contribution in [0.1, 0.15) is 37.1 Å². The molecule has 0 atom stereocenters. The van der Waals surface area contributed by atoms with E-state index < -0.39 is 0 Å². The second kappa shape index (κ2) is 7.75. The molecular formula is C18H23N3O2S. The largest absolute Gasteiger partial charge is 0.369 e. The summed E-state index contributed by atoms with van der Waals surface area (Å²) in [6.45, 7) is 1.31. The molecule has 1 aromatic carbocycles. The lowest BCUT2D eigenvalue weighted by molar-refractivity contribution is -0.135. The molecule has 2 heterocycles. The number of hydrogen-bond donors (Lipinski definition) is 1. The van der Waals surface area contributed by atoms with Gasteiger partial charge in [-0.15, -0.1) is 11.3 Å². The molecule has 1 saturated heterocycles. The molecule has 1 aliphatic heterocycles. The van der Waals surface area contributed by atoms with E-state index in [1.165, 1.54) is 4.70 Å². The number of thiazole rings is 1. The number of primary amides is 1. The number of likely N-dealkylation sites (tertiary alicyclic amines) is 1. The third-order valence-electron chi connectivity index (χ3n) is 4.62. The van der Waals surface area contributed by atoms with Gasteiger partial charge in [0.25, 0.3) is 0 Å². The zero-order valence-corrected chi connectivity index (χ0v) is 14.6. The molecule has 2 amide bonds. The number of nitrogens with two attached hydrogens (primary N) is 1. The fourth-order valence-electron chi connectivity index (χ4n) is 3.15. The van der Waals surface area contributed by atoms with E-state index in [4.69, 9.17) is 5.73 Å². The van der Waals surface area contributed by atoms with Gasteiger partial charge in [-0.1, -0.05) is 12.1 Å². The van der Waals surface area contributed by atoms with Crippen LogP contribution in [-0.4, -0.2) is 34.8 Å². The van der Waals surface area contributed by atoms with Gasteiger partial charge in [-0.05, 0) is 44.2 Å². The number of amides is 2. The molecule has 1 aliphatic rings. The van der Waals surface area contributed by atoms with Gasteiger partial charge in [-0.25, -0.2) is 4.98 Å². The van der Waals surface area contributed by atoms with Crippen molar-refractivity contribution in [2.45, 2.75) is 38.5 Å². The summed E-state index contributed by atoms with van der Waals surface area (Å²) in [6, 6.07) is 8.17.